The highest BCUT2D eigenvalue weighted by atomic mass is 16.4. The van der Waals surface area contributed by atoms with Crippen LogP contribution in [0.25, 0.3) is 0 Å². The van der Waals surface area contributed by atoms with E-state index < -0.39 is 11.9 Å². The molecule has 2 N–H and O–H groups in total. The van der Waals surface area contributed by atoms with E-state index in [4.69, 9.17) is 10.2 Å². The van der Waals surface area contributed by atoms with Gasteiger partial charge >= 0.3 is 11.9 Å². The minimum absolute atomic E-state index is 0.363. The minimum atomic E-state index is -1.33. The van der Waals surface area contributed by atoms with Gasteiger partial charge in [0.15, 0.2) is 0 Å². The van der Waals surface area contributed by atoms with E-state index in [2.05, 4.69) is 13.2 Å². The maximum atomic E-state index is 10.4. The van der Waals surface area contributed by atoms with Crippen molar-refractivity contribution in [1.82, 2.24) is 0 Å². The molecule has 0 aliphatic rings. The number of hydrogen-bond donors (Lipinski definition) is 2. The first-order valence-electron chi connectivity index (χ1n) is 3.00. The molecule has 0 aromatic heterocycles. The summed E-state index contributed by atoms with van der Waals surface area (Å²) in [5.74, 6) is -2.66. The van der Waals surface area contributed by atoms with Crippen LogP contribution in [0.5, 0.6) is 0 Å². The average Bonchev–Trinajstić information content (AvgIpc) is 1.98. The first-order valence-corrected chi connectivity index (χ1v) is 3.00. The maximum absolute atomic E-state index is 10.4. The molecule has 4 nitrogen and oxygen atoms in total. The topological polar surface area (TPSA) is 74.6 Å². The maximum Gasteiger partial charge on any atom is 0.336 e. The Bertz CT molecular complexity index is 245. The number of carboxylic acids is 2. The number of aliphatic carboxylic acids is 2. The highest BCUT2D eigenvalue weighted by Gasteiger charge is 2.13. The van der Waals surface area contributed by atoms with E-state index in [1.165, 1.54) is 0 Å². The molecule has 0 radical (unpaired) electrons. The van der Waals surface area contributed by atoms with Gasteiger partial charge in [0.05, 0.1) is 11.1 Å². The summed E-state index contributed by atoms with van der Waals surface area (Å²) in [5.41, 5.74) is -0.727. The predicted octanol–water partition coefficient (Wildman–Crippen LogP) is 0.824. The smallest absolute Gasteiger partial charge is 0.336 e. The van der Waals surface area contributed by atoms with Gasteiger partial charge in [0, 0.05) is 0 Å². The van der Waals surface area contributed by atoms with Crippen LogP contribution in [-0.2, 0) is 9.59 Å². The van der Waals surface area contributed by atoms with Gasteiger partial charge in [0.25, 0.3) is 0 Å². The molecule has 0 amide bonds. The van der Waals surface area contributed by atoms with E-state index in [1.807, 2.05) is 0 Å². The summed E-state index contributed by atoms with van der Waals surface area (Å²) in [5, 5.41) is 17.0. The Balaban J connectivity index is 5.30. The van der Waals surface area contributed by atoms with Crippen LogP contribution < -0.4 is 0 Å². The van der Waals surface area contributed by atoms with Crippen LogP contribution in [0.3, 0.4) is 0 Å². The summed E-state index contributed by atoms with van der Waals surface area (Å²) < 4.78 is 0. The largest absolute Gasteiger partial charge is 0.478 e. The second-order valence-corrected chi connectivity index (χ2v) is 1.85. The van der Waals surface area contributed by atoms with Crippen LogP contribution in [0.2, 0.25) is 0 Å². The zero-order valence-electron chi connectivity index (χ0n) is 6.28. The zero-order chi connectivity index (χ0) is 9.72. The second kappa shape index (κ2) is 4.12. The van der Waals surface area contributed by atoms with Gasteiger partial charge < -0.3 is 10.2 Å². The standard InChI is InChI=1S/C8H8O4/c1-3-5(7(9)10)6(4-2)8(11)12/h3-4H,1-2H2,(H,9,10)(H,11,12). The van der Waals surface area contributed by atoms with E-state index in [0.717, 1.165) is 12.2 Å². The third kappa shape index (κ3) is 2.09. The molecule has 0 heterocycles. The molecule has 0 saturated heterocycles. The normalized spacial score (nSPS) is 11.3. The number of hydrogen-bond acceptors (Lipinski definition) is 2. The molecule has 4 heteroatoms. The molecule has 0 rings (SSSR count). The van der Waals surface area contributed by atoms with Gasteiger partial charge in [-0.15, -0.1) is 0 Å². The van der Waals surface area contributed by atoms with Crippen molar-refractivity contribution in [2.45, 2.75) is 0 Å². The van der Waals surface area contributed by atoms with Crippen LogP contribution in [0.4, 0.5) is 0 Å². The van der Waals surface area contributed by atoms with Gasteiger partial charge in [-0.3, -0.25) is 0 Å². The van der Waals surface area contributed by atoms with Crippen LogP contribution in [0.1, 0.15) is 0 Å². The fourth-order valence-corrected chi connectivity index (χ4v) is 0.625. The lowest BCUT2D eigenvalue weighted by Crippen LogP contribution is -2.07. The lowest BCUT2D eigenvalue weighted by Gasteiger charge is -1.97. The van der Waals surface area contributed by atoms with Gasteiger partial charge in [-0.2, -0.15) is 0 Å². The SMILES string of the molecule is C=CC(C(=O)O)=C(C=C)C(=O)O. The van der Waals surface area contributed by atoms with Gasteiger partial charge in [0.1, 0.15) is 0 Å². The van der Waals surface area contributed by atoms with Crippen LogP contribution in [-0.4, -0.2) is 22.2 Å². The fraction of sp³-hybridized carbons (Fsp3) is 0. The van der Waals surface area contributed by atoms with E-state index in [0.29, 0.717) is 0 Å². The van der Waals surface area contributed by atoms with E-state index in [-0.39, 0.29) is 11.1 Å². The molecule has 0 aromatic carbocycles. The van der Waals surface area contributed by atoms with E-state index >= 15 is 0 Å². The number of carboxylic acid groups (broad SMARTS) is 2. The summed E-state index contributed by atoms with van der Waals surface area (Å²) in [4.78, 5) is 20.8. The summed E-state index contributed by atoms with van der Waals surface area (Å²) >= 11 is 0. The van der Waals surface area contributed by atoms with Crippen molar-refractivity contribution in [3.05, 3.63) is 36.5 Å². The molecule has 64 valence electrons. The Kier molecular flexibility index (Phi) is 3.49. The third-order valence-corrected chi connectivity index (χ3v) is 1.16. The first-order chi connectivity index (χ1) is 5.54. The van der Waals surface area contributed by atoms with Crippen molar-refractivity contribution in [3.8, 4) is 0 Å². The second-order valence-electron chi connectivity index (χ2n) is 1.85. The van der Waals surface area contributed by atoms with Gasteiger partial charge in [-0.1, -0.05) is 25.3 Å². The van der Waals surface area contributed by atoms with Gasteiger partial charge in [0.2, 0.25) is 0 Å². The molecule has 0 aliphatic carbocycles. The monoisotopic (exact) mass is 168 g/mol. The summed E-state index contributed by atoms with van der Waals surface area (Å²) in [7, 11) is 0. The highest BCUT2D eigenvalue weighted by Crippen LogP contribution is 2.07. The highest BCUT2D eigenvalue weighted by molar-refractivity contribution is 6.02. The van der Waals surface area contributed by atoms with Crippen molar-refractivity contribution in [2.75, 3.05) is 0 Å². The number of carbonyl (C=O) groups is 2. The molecule has 0 unspecified atom stereocenters. The summed E-state index contributed by atoms with van der Waals surface area (Å²) in [6, 6.07) is 0. The molecule has 0 atom stereocenters. The van der Waals surface area contributed by atoms with Gasteiger partial charge in [-0.25, -0.2) is 9.59 Å². The molecular formula is C8H8O4. The number of rotatable bonds is 4. The van der Waals surface area contributed by atoms with Crippen LogP contribution in [0.15, 0.2) is 36.5 Å². The minimum Gasteiger partial charge on any atom is -0.478 e. The fourth-order valence-electron chi connectivity index (χ4n) is 0.625. The Morgan fingerprint density at radius 1 is 0.917 bits per heavy atom. The lowest BCUT2D eigenvalue weighted by atomic mass is 10.1. The van der Waals surface area contributed by atoms with E-state index in [1.54, 1.807) is 0 Å². The Morgan fingerprint density at radius 3 is 1.25 bits per heavy atom. The third-order valence-electron chi connectivity index (χ3n) is 1.16. The lowest BCUT2D eigenvalue weighted by molar-refractivity contribution is -0.135. The van der Waals surface area contributed by atoms with Crippen molar-refractivity contribution in [1.29, 1.82) is 0 Å². The van der Waals surface area contributed by atoms with Crippen molar-refractivity contribution in [3.63, 3.8) is 0 Å². The van der Waals surface area contributed by atoms with Crippen LogP contribution in [0, 0.1) is 0 Å². The Morgan fingerprint density at radius 2 is 1.17 bits per heavy atom. The quantitative estimate of drug-likeness (QED) is 0.481. The molecule has 0 fully saturated rings. The molecule has 0 aliphatic heterocycles. The van der Waals surface area contributed by atoms with E-state index in [9.17, 15) is 9.59 Å². The Hall–Kier alpha value is -1.84. The van der Waals surface area contributed by atoms with Crippen molar-refractivity contribution < 1.29 is 19.8 Å². The molecule has 0 aromatic rings. The van der Waals surface area contributed by atoms with Crippen molar-refractivity contribution >= 4 is 11.9 Å². The Labute approximate surface area is 69.1 Å². The average molecular weight is 168 g/mol. The zero-order valence-corrected chi connectivity index (χ0v) is 6.28. The van der Waals surface area contributed by atoms with Crippen LogP contribution >= 0.6 is 0 Å². The summed E-state index contributed by atoms with van der Waals surface area (Å²) in [6.45, 7) is 6.37. The predicted molar refractivity (Wildman–Crippen MR) is 42.7 cm³/mol. The molecule has 0 saturated carbocycles. The summed E-state index contributed by atoms with van der Waals surface area (Å²) in [6.07, 6.45) is 1.93. The molecule has 0 spiro atoms. The molecule has 0 bridgehead atoms. The van der Waals surface area contributed by atoms with Gasteiger partial charge in [-0.05, 0) is 0 Å². The molecular weight excluding hydrogens is 160 g/mol. The first kappa shape index (κ1) is 10.2. The van der Waals surface area contributed by atoms with Crippen molar-refractivity contribution in [2.24, 2.45) is 0 Å². The molecule has 12 heavy (non-hydrogen) atoms.